The smallest absolute Gasteiger partial charge is 0.226 e. The molecule has 1 aromatic rings. The van der Waals surface area contributed by atoms with Crippen molar-refractivity contribution >= 4 is 5.91 Å². The first-order valence-electron chi connectivity index (χ1n) is 9.42. The monoisotopic (exact) mass is 329 g/mol. The van der Waals surface area contributed by atoms with Crippen molar-refractivity contribution in [3.8, 4) is 0 Å². The van der Waals surface area contributed by atoms with Gasteiger partial charge in [-0.1, -0.05) is 37.3 Å². The maximum atomic E-state index is 12.9. The molecule has 3 unspecified atom stereocenters. The minimum Gasteiger partial charge on any atom is -0.338 e. The summed E-state index contributed by atoms with van der Waals surface area (Å²) < 4.78 is 0. The van der Waals surface area contributed by atoms with Crippen molar-refractivity contribution in [1.29, 1.82) is 0 Å². The number of nitrogens with zero attached hydrogens (tertiary/aromatic N) is 2. The van der Waals surface area contributed by atoms with Crippen molar-refractivity contribution in [3.05, 3.63) is 35.9 Å². The zero-order valence-corrected chi connectivity index (χ0v) is 15.2. The van der Waals surface area contributed by atoms with Gasteiger partial charge in [0, 0.05) is 37.6 Å². The molecule has 4 nitrogen and oxygen atoms in total. The number of nitrogens with one attached hydrogen (secondary N) is 1. The van der Waals surface area contributed by atoms with Gasteiger partial charge in [0.15, 0.2) is 0 Å². The van der Waals surface area contributed by atoms with Crippen molar-refractivity contribution in [3.63, 3.8) is 0 Å². The third-order valence-electron chi connectivity index (χ3n) is 6.00. The molecule has 2 heterocycles. The molecule has 0 spiro atoms. The maximum Gasteiger partial charge on any atom is 0.226 e. The van der Waals surface area contributed by atoms with Crippen molar-refractivity contribution in [1.82, 2.24) is 15.1 Å². The standard InChI is InChI=1S/C20H31N3O/c1-4-23(20(24)15(2)18-12-21-13-18)19-10-11-22(14-19)16(3)17-8-6-5-7-9-17/h5-9,15-16,18-19,21H,4,10-14H2,1-3H3. The molecule has 3 rings (SSSR count). The summed E-state index contributed by atoms with van der Waals surface area (Å²) in [5.74, 6) is 1.02. The Labute approximate surface area is 146 Å². The highest BCUT2D eigenvalue weighted by atomic mass is 16.2. The van der Waals surface area contributed by atoms with Gasteiger partial charge in [-0.2, -0.15) is 0 Å². The topological polar surface area (TPSA) is 35.6 Å². The highest BCUT2D eigenvalue weighted by Crippen LogP contribution is 2.28. The number of amides is 1. The largest absolute Gasteiger partial charge is 0.338 e. The normalized spacial score (nSPS) is 24.4. The Balaban J connectivity index is 1.61. The van der Waals surface area contributed by atoms with Gasteiger partial charge in [-0.05, 0) is 44.8 Å². The number of rotatable bonds is 6. The van der Waals surface area contributed by atoms with E-state index >= 15 is 0 Å². The second kappa shape index (κ2) is 7.66. The zero-order valence-electron chi connectivity index (χ0n) is 15.2. The van der Waals surface area contributed by atoms with E-state index in [1.807, 2.05) is 0 Å². The SMILES string of the molecule is CCN(C(=O)C(C)C1CNC1)C1CCN(C(C)c2ccccc2)C1. The summed E-state index contributed by atoms with van der Waals surface area (Å²) in [7, 11) is 0. The molecule has 2 saturated heterocycles. The van der Waals surface area contributed by atoms with E-state index in [1.165, 1.54) is 5.56 Å². The average molecular weight is 329 g/mol. The number of likely N-dealkylation sites (tertiary alicyclic amines) is 1. The fourth-order valence-corrected chi connectivity index (χ4v) is 4.04. The molecule has 0 aromatic heterocycles. The molecule has 0 saturated carbocycles. The molecule has 0 aliphatic carbocycles. The lowest BCUT2D eigenvalue weighted by Crippen LogP contribution is -2.52. The molecule has 2 aliphatic rings. The van der Waals surface area contributed by atoms with Crippen LogP contribution in [-0.4, -0.2) is 54.5 Å². The summed E-state index contributed by atoms with van der Waals surface area (Å²) in [5.41, 5.74) is 1.36. The minimum absolute atomic E-state index is 0.145. The van der Waals surface area contributed by atoms with E-state index in [2.05, 4.69) is 66.2 Å². The Morgan fingerprint density at radius 3 is 2.58 bits per heavy atom. The quantitative estimate of drug-likeness (QED) is 0.871. The van der Waals surface area contributed by atoms with Crippen LogP contribution in [0.15, 0.2) is 30.3 Å². The minimum atomic E-state index is 0.145. The molecule has 2 fully saturated rings. The van der Waals surface area contributed by atoms with Gasteiger partial charge in [0.05, 0.1) is 0 Å². The van der Waals surface area contributed by atoms with E-state index in [9.17, 15) is 4.79 Å². The van der Waals surface area contributed by atoms with E-state index < -0.39 is 0 Å². The van der Waals surface area contributed by atoms with Crippen molar-refractivity contribution in [2.75, 3.05) is 32.7 Å². The van der Waals surface area contributed by atoms with Crippen LogP contribution in [0.25, 0.3) is 0 Å². The van der Waals surface area contributed by atoms with Gasteiger partial charge in [0.25, 0.3) is 0 Å². The lowest BCUT2D eigenvalue weighted by atomic mass is 9.87. The Hall–Kier alpha value is -1.39. The number of likely N-dealkylation sites (N-methyl/N-ethyl adjacent to an activating group) is 1. The molecule has 24 heavy (non-hydrogen) atoms. The lowest BCUT2D eigenvalue weighted by Gasteiger charge is -2.37. The van der Waals surface area contributed by atoms with E-state index in [0.29, 0.717) is 23.9 Å². The fraction of sp³-hybridized carbons (Fsp3) is 0.650. The maximum absolute atomic E-state index is 12.9. The second-order valence-corrected chi connectivity index (χ2v) is 7.36. The molecule has 4 heteroatoms. The first kappa shape index (κ1) is 17.4. The van der Waals surface area contributed by atoms with Crippen molar-refractivity contribution in [2.24, 2.45) is 11.8 Å². The highest BCUT2D eigenvalue weighted by molar-refractivity contribution is 5.79. The number of carbonyl (C=O) groups excluding carboxylic acids is 1. The third kappa shape index (κ3) is 3.50. The van der Waals surface area contributed by atoms with Crippen LogP contribution in [0.3, 0.4) is 0 Å². The van der Waals surface area contributed by atoms with Gasteiger partial charge in [0.2, 0.25) is 5.91 Å². The molecule has 1 aromatic carbocycles. The van der Waals surface area contributed by atoms with Gasteiger partial charge in [-0.15, -0.1) is 0 Å². The average Bonchev–Trinajstić information content (AvgIpc) is 3.03. The van der Waals surface area contributed by atoms with E-state index in [1.54, 1.807) is 0 Å². The highest BCUT2D eigenvalue weighted by Gasteiger charge is 2.37. The van der Waals surface area contributed by atoms with Crippen molar-refractivity contribution < 1.29 is 4.79 Å². The summed E-state index contributed by atoms with van der Waals surface area (Å²) in [6.07, 6.45) is 1.09. The number of hydrogen-bond donors (Lipinski definition) is 1. The second-order valence-electron chi connectivity index (χ2n) is 7.36. The number of benzene rings is 1. The van der Waals surface area contributed by atoms with E-state index in [-0.39, 0.29) is 5.92 Å². The Bertz CT molecular complexity index is 543. The van der Waals surface area contributed by atoms with Crippen LogP contribution in [0.5, 0.6) is 0 Å². The first-order chi connectivity index (χ1) is 11.6. The van der Waals surface area contributed by atoms with E-state index in [0.717, 1.165) is 39.1 Å². The molecule has 132 valence electrons. The summed E-state index contributed by atoms with van der Waals surface area (Å²) >= 11 is 0. The van der Waals surface area contributed by atoms with Crippen LogP contribution in [0.1, 0.15) is 38.8 Å². The molecule has 1 N–H and O–H groups in total. The first-order valence-corrected chi connectivity index (χ1v) is 9.42. The molecule has 0 radical (unpaired) electrons. The van der Waals surface area contributed by atoms with Gasteiger partial charge in [-0.25, -0.2) is 0 Å². The number of carbonyl (C=O) groups is 1. The molecular formula is C20H31N3O. The summed E-state index contributed by atoms with van der Waals surface area (Å²) in [6, 6.07) is 11.5. The molecule has 0 bridgehead atoms. The van der Waals surface area contributed by atoms with E-state index in [4.69, 9.17) is 0 Å². The van der Waals surface area contributed by atoms with Crippen LogP contribution in [0.4, 0.5) is 0 Å². The van der Waals surface area contributed by atoms with Crippen molar-refractivity contribution in [2.45, 2.75) is 39.3 Å². The predicted molar refractivity (Wildman–Crippen MR) is 97.7 cm³/mol. The molecule has 2 aliphatic heterocycles. The summed E-state index contributed by atoms with van der Waals surface area (Å²) in [5, 5.41) is 3.28. The molecule has 3 atom stereocenters. The Kier molecular flexibility index (Phi) is 5.57. The van der Waals surface area contributed by atoms with Gasteiger partial charge in [0.1, 0.15) is 0 Å². The van der Waals surface area contributed by atoms with Gasteiger partial charge in [-0.3, -0.25) is 9.69 Å². The summed E-state index contributed by atoms with van der Waals surface area (Å²) in [6.45, 7) is 11.4. The van der Waals surface area contributed by atoms with Gasteiger partial charge < -0.3 is 10.2 Å². The van der Waals surface area contributed by atoms with Crippen LogP contribution >= 0.6 is 0 Å². The van der Waals surface area contributed by atoms with Gasteiger partial charge >= 0.3 is 0 Å². The number of hydrogen-bond acceptors (Lipinski definition) is 3. The van der Waals surface area contributed by atoms with Crippen LogP contribution in [0, 0.1) is 11.8 Å². The third-order valence-corrected chi connectivity index (χ3v) is 6.00. The molecular weight excluding hydrogens is 298 g/mol. The summed E-state index contributed by atoms with van der Waals surface area (Å²) in [4.78, 5) is 17.6. The lowest BCUT2D eigenvalue weighted by molar-refractivity contribution is -0.139. The van der Waals surface area contributed by atoms with Crippen LogP contribution in [-0.2, 0) is 4.79 Å². The van der Waals surface area contributed by atoms with Crippen LogP contribution < -0.4 is 5.32 Å². The van der Waals surface area contributed by atoms with Crippen LogP contribution in [0.2, 0.25) is 0 Å². The zero-order chi connectivity index (χ0) is 17.1. The predicted octanol–water partition coefficient (Wildman–Crippen LogP) is 2.53. The Morgan fingerprint density at radius 1 is 1.29 bits per heavy atom. The fourth-order valence-electron chi connectivity index (χ4n) is 4.04. The molecule has 1 amide bonds. The Morgan fingerprint density at radius 2 is 2.00 bits per heavy atom.